The summed E-state index contributed by atoms with van der Waals surface area (Å²) in [5.41, 5.74) is 4.88. The van der Waals surface area contributed by atoms with Gasteiger partial charge in [-0.15, -0.1) is 0 Å². The molecule has 0 unspecified atom stereocenters. The number of para-hydroxylation sites is 3. The van der Waals surface area contributed by atoms with Gasteiger partial charge in [0.15, 0.2) is 5.65 Å². The van der Waals surface area contributed by atoms with Crippen LogP contribution in [0.3, 0.4) is 0 Å². The molecule has 0 spiro atoms. The molecule has 5 rings (SSSR count). The second kappa shape index (κ2) is 9.84. The van der Waals surface area contributed by atoms with Crippen LogP contribution in [-0.2, 0) is 9.53 Å². The molecule has 0 atom stereocenters. The fourth-order valence-electron chi connectivity index (χ4n) is 4.10. The molecule has 2 heterocycles. The number of hydrogen-bond acceptors (Lipinski definition) is 5. The standard InChI is InChI=1S/C29H24N4O3/c1-3-36-29(35)25-26-28(31-22-15-9-8-14-21(22)30-26)33(23-16-10-7-11-19(23)2)27(25)32-24(34)18-17-20-12-5-4-6-13-20/h4-18H,3H2,1-2H3,(H,32,34)/b18-17+. The quantitative estimate of drug-likeness (QED) is 0.251. The van der Waals surface area contributed by atoms with E-state index < -0.39 is 11.9 Å². The van der Waals surface area contributed by atoms with Gasteiger partial charge in [-0.2, -0.15) is 0 Å². The van der Waals surface area contributed by atoms with Gasteiger partial charge in [0, 0.05) is 6.08 Å². The van der Waals surface area contributed by atoms with Gasteiger partial charge in [0.1, 0.15) is 16.9 Å². The Kier molecular flexibility index (Phi) is 6.28. The van der Waals surface area contributed by atoms with E-state index in [1.807, 2.05) is 85.8 Å². The third kappa shape index (κ3) is 4.34. The first-order valence-electron chi connectivity index (χ1n) is 11.6. The van der Waals surface area contributed by atoms with Crippen molar-refractivity contribution in [3.63, 3.8) is 0 Å². The highest BCUT2D eigenvalue weighted by atomic mass is 16.5. The minimum absolute atomic E-state index is 0.162. The maximum absolute atomic E-state index is 13.2. The lowest BCUT2D eigenvalue weighted by Gasteiger charge is -2.14. The van der Waals surface area contributed by atoms with Crippen LogP contribution in [0.1, 0.15) is 28.4 Å². The van der Waals surface area contributed by atoms with Crippen LogP contribution in [0.4, 0.5) is 5.82 Å². The average molecular weight is 477 g/mol. The molecule has 7 heteroatoms. The van der Waals surface area contributed by atoms with Gasteiger partial charge in [-0.25, -0.2) is 14.8 Å². The van der Waals surface area contributed by atoms with Crippen molar-refractivity contribution in [1.29, 1.82) is 0 Å². The summed E-state index contributed by atoms with van der Waals surface area (Å²) in [6.07, 6.45) is 3.15. The van der Waals surface area contributed by atoms with Gasteiger partial charge in [-0.05, 0) is 49.2 Å². The van der Waals surface area contributed by atoms with E-state index in [1.54, 1.807) is 17.6 Å². The summed E-state index contributed by atoms with van der Waals surface area (Å²) >= 11 is 0. The first kappa shape index (κ1) is 23.0. The predicted octanol–water partition coefficient (Wildman–Crippen LogP) is 5.71. The van der Waals surface area contributed by atoms with Crippen LogP contribution in [0.2, 0.25) is 0 Å². The first-order valence-corrected chi connectivity index (χ1v) is 11.6. The highest BCUT2D eigenvalue weighted by Crippen LogP contribution is 2.34. The molecule has 178 valence electrons. The molecule has 3 aromatic carbocycles. The zero-order valence-electron chi connectivity index (χ0n) is 19.9. The monoisotopic (exact) mass is 476 g/mol. The Labute approximate surface area is 208 Å². The van der Waals surface area contributed by atoms with Gasteiger partial charge in [0.25, 0.3) is 0 Å². The number of amides is 1. The number of nitrogens with one attached hydrogen (secondary N) is 1. The van der Waals surface area contributed by atoms with Crippen molar-refractivity contribution in [3.05, 3.63) is 102 Å². The summed E-state index contributed by atoms with van der Waals surface area (Å²) < 4.78 is 7.16. The number of aryl methyl sites for hydroxylation is 1. The molecule has 0 saturated carbocycles. The molecular formula is C29H24N4O3. The number of hydrogen-bond donors (Lipinski definition) is 1. The van der Waals surface area contributed by atoms with Gasteiger partial charge >= 0.3 is 5.97 Å². The van der Waals surface area contributed by atoms with E-state index in [9.17, 15) is 9.59 Å². The maximum atomic E-state index is 13.2. The number of benzene rings is 3. The van der Waals surface area contributed by atoms with E-state index in [0.29, 0.717) is 22.2 Å². The molecule has 0 fully saturated rings. The average Bonchev–Trinajstić information content (AvgIpc) is 3.19. The van der Waals surface area contributed by atoms with Crippen molar-refractivity contribution in [2.45, 2.75) is 13.8 Å². The number of anilines is 1. The molecule has 0 aliphatic heterocycles. The molecule has 2 aromatic heterocycles. The van der Waals surface area contributed by atoms with Crippen molar-refractivity contribution in [3.8, 4) is 5.69 Å². The van der Waals surface area contributed by atoms with Crippen molar-refractivity contribution >= 4 is 46.0 Å². The third-order valence-electron chi connectivity index (χ3n) is 5.77. The Morgan fingerprint density at radius 2 is 1.58 bits per heavy atom. The third-order valence-corrected chi connectivity index (χ3v) is 5.77. The van der Waals surface area contributed by atoms with Gasteiger partial charge in [-0.3, -0.25) is 9.36 Å². The summed E-state index contributed by atoms with van der Waals surface area (Å²) in [7, 11) is 0. The Bertz CT molecular complexity index is 1620. The topological polar surface area (TPSA) is 86.1 Å². The van der Waals surface area contributed by atoms with Crippen molar-refractivity contribution in [2.24, 2.45) is 0 Å². The van der Waals surface area contributed by atoms with Crippen LogP contribution in [0.25, 0.3) is 34.0 Å². The van der Waals surface area contributed by atoms with Crippen LogP contribution in [0.15, 0.2) is 84.9 Å². The van der Waals surface area contributed by atoms with Crippen molar-refractivity contribution in [2.75, 3.05) is 11.9 Å². The number of fused-ring (bicyclic) bond motifs is 2. The number of esters is 1. The first-order chi connectivity index (χ1) is 17.6. The summed E-state index contributed by atoms with van der Waals surface area (Å²) in [4.78, 5) is 35.9. The van der Waals surface area contributed by atoms with Crippen molar-refractivity contribution in [1.82, 2.24) is 14.5 Å². The van der Waals surface area contributed by atoms with E-state index >= 15 is 0 Å². The molecule has 0 bridgehead atoms. The minimum atomic E-state index is -0.582. The summed E-state index contributed by atoms with van der Waals surface area (Å²) in [5.74, 6) is -0.718. The number of carbonyl (C=O) groups excluding carboxylic acids is 2. The Hall–Kier alpha value is -4.78. The Morgan fingerprint density at radius 1 is 0.917 bits per heavy atom. The molecule has 0 aliphatic rings. The Balaban J connectivity index is 1.75. The zero-order chi connectivity index (χ0) is 25.1. The van der Waals surface area contributed by atoms with E-state index in [4.69, 9.17) is 14.7 Å². The van der Waals surface area contributed by atoms with Crippen molar-refractivity contribution < 1.29 is 14.3 Å². The molecule has 1 amide bonds. The summed E-state index contributed by atoms with van der Waals surface area (Å²) in [6.45, 7) is 3.87. The second-order valence-corrected chi connectivity index (χ2v) is 8.18. The molecular weight excluding hydrogens is 452 g/mol. The second-order valence-electron chi connectivity index (χ2n) is 8.18. The fraction of sp³-hybridized carbons (Fsp3) is 0.103. The smallest absolute Gasteiger partial charge is 0.344 e. The van der Waals surface area contributed by atoms with Gasteiger partial charge in [-0.1, -0.05) is 60.7 Å². The number of aromatic nitrogens is 3. The zero-order valence-corrected chi connectivity index (χ0v) is 19.9. The predicted molar refractivity (Wildman–Crippen MR) is 141 cm³/mol. The van der Waals surface area contributed by atoms with Gasteiger partial charge < -0.3 is 10.1 Å². The summed E-state index contributed by atoms with van der Waals surface area (Å²) in [5, 5.41) is 2.91. The number of rotatable bonds is 6. The van der Waals surface area contributed by atoms with E-state index in [2.05, 4.69) is 5.32 Å². The molecule has 36 heavy (non-hydrogen) atoms. The Morgan fingerprint density at radius 3 is 2.31 bits per heavy atom. The van der Waals surface area contributed by atoms with Crippen LogP contribution in [-0.4, -0.2) is 33.0 Å². The van der Waals surface area contributed by atoms with Gasteiger partial charge in [0.05, 0.1) is 23.3 Å². The number of carbonyl (C=O) groups is 2. The highest BCUT2D eigenvalue weighted by Gasteiger charge is 2.28. The van der Waals surface area contributed by atoms with Crippen LogP contribution < -0.4 is 5.32 Å². The molecule has 0 radical (unpaired) electrons. The number of nitrogens with zero attached hydrogens (tertiary/aromatic N) is 3. The lowest BCUT2D eigenvalue weighted by Crippen LogP contribution is -2.16. The molecule has 7 nitrogen and oxygen atoms in total. The number of ether oxygens (including phenoxy) is 1. The van der Waals surface area contributed by atoms with Crippen LogP contribution >= 0.6 is 0 Å². The molecule has 5 aromatic rings. The lowest BCUT2D eigenvalue weighted by molar-refractivity contribution is -0.111. The molecule has 1 N–H and O–H groups in total. The lowest BCUT2D eigenvalue weighted by atomic mass is 10.2. The van der Waals surface area contributed by atoms with E-state index in [-0.39, 0.29) is 18.0 Å². The maximum Gasteiger partial charge on any atom is 0.344 e. The summed E-state index contributed by atoms with van der Waals surface area (Å²) in [6, 6.07) is 24.6. The van der Waals surface area contributed by atoms with Crippen LogP contribution in [0, 0.1) is 6.92 Å². The molecule has 0 saturated heterocycles. The fourth-order valence-corrected chi connectivity index (χ4v) is 4.10. The van der Waals surface area contributed by atoms with Gasteiger partial charge in [0.2, 0.25) is 5.91 Å². The normalized spacial score (nSPS) is 11.3. The minimum Gasteiger partial charge on any atom is -0.462 e. The molecule has 0 aliphatic carbocycles. The largest absolute Gasteiger partial charge is 0.462 e. The van der Waals surface area contributed by atoms with E-state index in [0.717, 1.165) is 16.8 Å². The highest BCUT2D eigenvalue weighted by molar-refractivity contribution is 6.13. The van der Waals surface area contributed by atoms with Crippen LogP contribution in [0.5, 0.6) is 0 Å². The van der Waals surface area contributed by atoms with E-state index in [1.165, 1.54) is 6.08 Å². The SMILES string of the molecule is CCOC(=O)c1c(NC(=O)/C=C/c2ccccc2)n(-c2ccccc2C)c2nc3ccccc3nc12.